The molecule has 9 heteroatoms. The summed E-state index contributed by atoms with van der Waals surface area (Å²) in [5.41, 5.74) is 6.95. The molecule has 4 aliphatic rings. The number of nitrogens with two attached hydrogens (primary N) is 1. The Morgan fingerprint density at radius 1 is 1.00 bits per heavy atom. The topological polar surface area (TPSA) is 98.3 Å². The van der Waals surface area contributed by atoms with Crippen LogP contribution in [0.15, 0.2) is 23.2 Å². The number of thiol groups is 1. The van der Waals surface area contributed by atoms with Crippen molar-refractivity contribution in [2.24, 2.45) is 5.73 Å². The summed E-state index contributed by atoms with van der Waals surface area (Å²) in [6.07, 6.45) is 3.54. The van der Waals surface area contributed by atoms with Gasteiger partial charge >= 0.3 is 0 Å². The Hall–Kier alpha value is -2.00. The second kappa shape index (κ2) is 8.79. The number of hydrogen-bond acceptors (Lipinski definition) is 8. The molecule has 0 aromatic carbocycles. The number of hydrogen-bond donors (Lipinski definition) is 3. The largest absolute Gasteiger partial charge is 0.365 e. The van der Waals surface area contributed by atoms with Gasteiger partial charge in [-0.3, -0.25) is 14.4 Å². The van der Waals surface area contributed by atoms with E-state index in [1.54, 1.807) is 0 Å². The lowest BCUT2D eigenvalue weighted by Gasteiger charge is -2.21. The van der Waals surface area contributed by atoms with Crippen LogP contribution in [0.25, 0.3) is 0 Å². The van der Waals surface area contributed by atoms with E-state index in [4.69, 9.17) is 5.73 Å². The third kappa shape index (κ3) is 5.26. The van der Waals surface area contributed by atoms with Crippen molar-refractivity contribution in [2.75, 3.05) is 58.1 Å². The van der Waals surface area contributed by atoms with Gasteiger partial charge in [-0.2, -0.15) is 12.6 Å². The molecule has 4 rings (SSSR count). The Balaban J connectivity index is 0.000000183. The molecular formula is C18H27N5O3S. The van der Waals surface area contributed by atoms with E-state index in [2.05, 4.69) is 17.9 Å². The lowest BCUT2D eigenvalue weighted by Crippen LogP contribution is -2.30. The number of rotatable bonds is 8. The summed E-state index contributed by atoms with van der Waals surface area (Å²) in [6.45, 7) is 6.21. The summed E-state index contributed by atoms with van der Waals surface area (Å²) in [6, 6.07) is 0. The molecule has 0 radical (unpaired) electrons. The summed E-state index contributed by atoms with van der Waals surface area (Å²) in [7, 11) is 0. The molecule has 0 saturated carbocycles. The molecule has 27 heavy (non-hydrogen) atoms. The van der Waals surface area contributed by atoms with Crippen LogP contribution in [0.5, 0.6) is 0 Å². The fourth-order valence-corrected chi connectivity index (χ4v) is 3.04. The zero-order valence-electron chi connectivity index (χ0n) is 15.4. The quantitative estimate of drug-likeness (QED) is 0.210. The normalized spacial score (nSPS) is 20.2. The van der Waals surface area contributed by atoms with Crippen molar-refractivity contribution >= 4 is 30.1 Å². The van der Waals surface area contributed by atoms with Crippen molar-refractivity contribution in [3.8, 4) is 0 Å². The highest BCUT2D eigenvalue weighted by atomic mass is 32.1. The summed E-state index contributed by atoms with van der Waals surface area (Å²) < 4.78 is 0. The third-order valence-corrected chi connectivity index (χ3v) is 4.90. The molecule has 1 aliphatic carbocycles. The Morgan fingerprint density at radius 3 is 2.11 bits per heavy atom. The molecule has 0 atom stereocenters. The molecule has 0 spiro atoms. The second-order valence-electron chi connectivity index (χ2n) is 6.87. The van der Waals surface area contributed by atoms with Gasteiger partial charge in [-0.05, 0) is 18.6 Å². The minimum absolute atomic E-state index is 0.00546. The van der Waals surface area contributed by atoms with Crippen LogP contribution in [0, 0.1) is 0 Å². The number of ketones is 2. The van der Waals surface area contributed by atoms with Crippen LogP contribution in [0.1, 0.15) is 12.8 Å². The van der Waals surface area contributed by atoms with Crippen LogP contribution in [-0.4, -0.2) is 90.3 Å². The van der Waals surface area contributed by atoms with Gasteiger partial charge in [0.15, 0.2) is 0 Å². The number of nitrogens with zero attached hydrogens (tertiary/aromatic N) is 3. The highest BCUT2D eigenvalue weighted by Gasteiger charge is 2.43. The zero-order chi connectivity index (χ0) is 19.4. The van der Waals surface area contributed by atoms with Gasteiger partial charge in [0.25, 0.3) is 0 Å². The smallest absolute Gasteiger partial charge is 0.233 e. The molecule has 148 valence electrons. The summed E-state index contributed by atoms with van der Waals surface area (Å²) in [5.74, 6) is 0.838. The maximum Gasteiger partial charge on any atom is 0.233 e. The van der Waals surface area contributed by atoms with Gasteiger partial charge < -0.3 is 25.8 Å². The lowest BCUT2D eigenvalue weighted by atomic mass is 10.0. The van der Waals surface area contributed by atoms with E-state index >= 15 is 0 Å². The SMILES string of the molecule is NCC(=O)NCCCCS.O=C1C=C(N2CC2)C(=O)C(N2CC2)=C1N1CC1. The first-order valence-corrected chi connectivity index (χ1v) is 10.1. The van der Waals surface area contributed by atoms with Gasteiger partial charge in [0.1, 0.15) is 11.4 Å². The molecule has 0 unspecified atom stereocenters. The Morgan fingerprint density at radius 2 is 1.59 bits per heavy atom. The van der Waals surface area contributed by atoms with Gasteiger partial charge in [-0.1, -0.05) is 0 Å². The molecule has 3 saturated heterocycles. The van der Waals surface area contributed by atoms with E-state index in [9.17, 15) is 14.4 Å². The van der Waals surface area contributed by atoms with Gasteiger partial charge in [0.2, 0.25) is 17.5 Å². The number of nitrogens with one attached hydrogen (secondary N) is 1. The average molecular weight is 394 g/mol. The van der Waals surface area contributed by atoms with Gasteiger partial charge in [0.05, 0.1) is 12.2 Å². The van der Waals surface area contributed by atoms with E-state index in [1.165, 1.54) is 6.08 Å². The Bertz CT molecular complexity index is 678. The zero-order valence-corrected chi connectivity index (χ0v) is 16.3. The first-order valence-electron chi connectivity index (χ1n) is 9.44. The van der Waals surface area contributed by atoms with E-state index in [1.807, 2.05) is 14.7 Å². The van der Waals surface area contributed by atoms with E-state index in [-0.39, 0.29) is 24.0 Å². The predicted octanol–water partition coefficient (Wildman–Crippen LogP) is -1.05. The molecule has 3 fully saturated rings. The Kier molecular flexibility index (Phi) is 6.43. The standard InChI is InChI=1S/C12H13N3O2.C6H14N2OS/c16-9-7-8(13-1-2-13)12(17)11(15-5-6-15)10(9)14-3-4-14;7-5-6(9)8-3-1-2-4-10/h7H,1-6H2;10H,1-5,7H2,(H,8,9). The number of carbonyl (C=O) groups is 3. The van der Waals surface area contributed by atoms with Crippen LogP contribution in [0.4, 0.5) is 0 Å². The maximum absolute atomic E-state index is 12.4. The lowest BCUT2D eigenvalue weighted by molar-refractivity contribution is -0.119. The van der Waals surface area contributed by atoms with Crippen LogP contribution in [0.3, 0.4) is 0 Å². The molecule has 3 aliphatic heterocycles. The van der Waals surface area contributed by atoms with Crippen LogP contribution >= 0.6 is 12.6 Å². The minimum Gasteiger partial charge on any atom is -0.365 e. The summed E-state index contributed by atoms with van der Waals surface area (Å²) in [4.78, 5) is 41.0. The molecular weight excluding hydrogens is 366 g/mol. The average Bonchev–Trinajstić information content (AvgIpc) is 3.50. The van der Waals surface area contributed by atoms with Crippen molar-refractivity contribution < 1.29 is 14.4 Å². The number of unbranched alkanes of at least 4 members (excludes halogenated alkanes) is 1. The molecule has 3 N–H and O–H groups in total. The molecule has 0 aromatic heterocycles. The van der Waals surface area contributed by atoms with Crippen molar-refractivity contribution in [2.45, 2.75) is 12.8 Å². The fourth-order valence-electron chi connectivity index (χ4n) is 2.81. The third-order valence-electron chi connectivity index (χ3n) is 4.58. The molecule has 0 aromatic rings. The van der Waals surface area contributed by atoms with E-state index in [0.717, 1.165) is 64.4 Å². The van der Waals surface area contributed by atoms with Crippen LogP contribution in [0.2, 0.25) is 0 Å². The maximum atomic E-state index is 12.4. The Labute approximate surface area is 164 Å². The first-order chi connectivity index (χ1) is 13.1. The molecule has 0 bridgehead atoms. The van der Waals surface area contributed by atoms with Gasteiger partial charge in [0, 0.05) is 51.9 Å². The number of Topliss-reactive ketones (excluding diaryl/α,β-unsaturated/α-hetero) is 1. The summed E-state index contributed by atoms with van der Waals surface area (Å²) in [5, 5.41) is 2.67. The fraction of sp³-hybridized carbons (Fsp3) is 0.611. The highest BCUT2D eigenvalue weighted by molar-refractivity contribution is 7.80. The first kappa shape index (κ1) is 19.8. The summed E-state index contributed by atoms with van der Waals surface area (Å²) >= 11 is 4.03. The molecule has 8 nitrogen and oxygen atoms in total. The number of amides is 1. The molecule has 3 heterocycles. The van der Waals surface area contributed by atoms with Crippen LogP contribution < -0.4 is 11.1 Å². The van der Waals surface area contributed by atoms with E-state index < -0.39 is 0 Å². The van der Waals surface area contributed by atoms with E-state index in [0.29, 0.717) is 17.1 Å². The highest BCUT2D eigenvalue weighted by Crippen LogP contribution is 2.33. The number of allylic oxidation sites excluding steroid dienone is 1. The monoisotopic (exact) mass is 393 g/mol. The van der Waals surface area contributed by atoms with Crippen molar-refractivity contribution in [3.63, 3.8) is 0 Å². The van der Waals surface area contributed by atoms with Gasteiger partial charge in [-0.15, -0.1) is 0 Å². The second-order valence-corrected chi connectivity index (χ2v) is 7.31. The predicted molar refractivity (Wildman–Crippen MR) is 105 cm³/mol. The number of carbonyl (C=O) groups excluding carboxylic acids is 3. The minimum atomic E-state index is -0.0841. The van der Waals surface area contributed by atoms with Crippen molar-refractivity contribution in [1.29, 1.82) is 0 Å². The molecule has 1 amide bonds. The van der Waals surface area contributed by atoms with Crippen molar-refractivity contribution in [1.82, 2.24) is 20.0 Å². The van der Waals surface area contributed by atoms with Crippen LogP contribution in [-0.2, 0) is 14.4 Å². The van der Waals surface area contributed by atoms with Gasteiger partial charge in [-0.25, -0.2) is 0 Å². The van der Waals surface area contributed by atoms with Crippen molar-refractivity contribution in [3.05, 3.63) is 23.2 Å².